The van der Waals surface area contributed by atoms with Gasteiger partial charge in [0.15, 0.2) is 0 Å². The van der Waals surface area contributed by atoms with Crippen molar-refractivity contribution < 1.29 is 0 Å². The van der Waals surface area contributed by atoms with Crippen molar-refractivity contribution in [1.82, 2.24) is 9.13 Å². The first kappa shape index (κ1) is 27.4. The van der Waals surface area contributed by atoms with Crippen molar-refractivity contribution in [3.05, 3.63) is 170 Å². The van der Waals surface area contributed by atoms with Crippen molar-refractivity contribution in [3.8, 4) is 42.0 Å². The second kappa shape index (κ2) is 11.0. The van der Waals surface area contributed by atoms with Crippen LogP contribution in [0.4, 0.5) is 0 Å². The van der Waals surface area contributed by atoms with E-state index in [0.717, 1.165) is 0 Å². The van der Waals surface area contributed by atoms with Crippen LogP contribution in [-0.2, 0) is 0 Å². The highest BCUT2D eigenvalue weighted by atomic mass is 32.1. The minimum absolute atomic E-state index is 1.18. The van der Waals surface area contributed by atoms with Gasteiger partial charge < -0.3 is 9.13 Å². The van der Waals surface area contributed by atoms with Gasteiger partial charge in [0.1, 0.15) is 0 Å². The van der Waals surface area contributed by atoms with Gasteiger partial charge in [-0.1, -0.05) is 97.1 Å². The van der Waals surface area contributed by atoms with Crippen LogP contribution in [0.5, 0.6) is 0 Å². The molecular formula is C44H28N2S2. The summed E-state index contributed by atoms with van der Waals surface area (Å²) in [7, 11) is 0. The first-order valence-corrected chi connectivity index (χ1v) is 17.8. The third-order valence-corrected chi connectivity index (χ3v) is 11.9. The number of benzene rings is 6. The summed E-state index contributed by atoms with van der Waals surface area (Å²) < 4.78 is 4.78. The van der Waals surface area contributed by atoms with Crippen LogP contribution >= 0.6 is 22.7 Å². The van der Waals surface area contributed by atoms with E-state index in [2.05, 4.69) is 179 Å². The van der Waals surface area contributed by atoms with Crippen LogP contribution in [0, 0.1) is 0 Å². The molecule has 10 rings (SSSR count). The fourth-order valence-corrected chi connectivity index (χ4v) is 9.34. The second-order valence-electron chi connectivity index (χ2n) is 12.2. The number of thiophene rings is 2. The predicted molar refractivity (Wildman–Crippen MR) is 207 cm³/mol. The molecule has 0 spiro atoms. The van der Waals surface area contributed by atoms with Gasteiger partial charge in [0.25, 0.3) is 0 Å². The highest BCUT2D eigenvalue weighted by Gasteiger charge is 2.15. The summed E-state index contributed by atoms with van der Waals surface area (Å²) in [4.78, 5) is 5.14. The molecule has 0 radical (unpaired) electrons. The molecule has 2 nitrogen and oxygen atoms in total. The number of para-hydroxylation sites is 4. The molecule has 0 unspecified atom stereocenters. The first-order valence-electron chi connectivity index (χ1n) is 16.2. The monoisotopic (exact) mass is 648 g/mol. The number of hydrogen-bond donors (Lipinski definition) is 0. The largest absolute Gasteiger partial charge is 0.309 e. The Morgan fingerprint density at radius 1 is 0.292 bits per heavy atom. The molecule has 0 saturated carbocycles. The van der Waals surface area contributed by atoms with Crippen molar-refractivity contribution in [3.63, 3.8) is 0 Å². The lowest BCUT2D eigenvalue weighted by molar-refractivity contribution is 1.18. The quantitative estimate of drug-likeness (QED) is 0.176. The molecular weight excluding hydrogens is 621 g/mol. The Hall–Kier alpha value is -5.68. The Morgan fingerprint density at radius 3 is 1.00 bits per heavy atom. The van der Waals surface area contributed by atoms with E-state index in [4.69, 9.17) is 0 Å². The van der Waals surface area contributed by atoms with Crippen LogP contribution in [-0.4, -0.2) is 9.13 Å². The third-order valence-electron chi connectivity index (χ3n) is 9.39. The first-order chi connectivity index (χ1) is 23.8. The van der Waals surface area contributed by atoms with E-state index in [-0.39, 0.29) is 0 Å². The summed E-state index contributed by atoms with van der Waals surface area (Å²) in [5.74, 6) is 0. The number of aromatic nitrogens is 2. The predicted octanol–water partition coefficient (Wildman–Crippen LogP) is 13.0. The van der Waals surface area contributed by atoms with Crippen LogP contribution in [0.25, 0.3) is 85.6 Å². The van der Waals surface area contributed by atoms with E-state index in [0.29, 0.717) is 0 Å². The molecule has 226 valence electrons. The fraction of sp³-hybridized carbons (Fsp3) is 0. The maximum Gasteiger partial charge on any atom is 0.0541 e. The van der Waals surface area contributed by atoms with E-state index in [9.17, 15) is 0 Å². The lowest BCUT2D eigenvalue weighted by Crippen LogP contribution is -1.93. The number of hydrogen-bond acceptors (Lipinski definition) is 2. The summed E-state index contributed by atoms with van der Waals surface area (Å²) in [6.45, 7) is 0. The topological polar surface area (TPSA) is 9.86 Å². The minimum Gasteiger partial charge on any atom is -0.309 e. The van der Waals surface area contributed by atoms with E-state index < -0.39 is 0 Å². The zero-order valence-corrected chi connectivity index (χ0v) is 27.5. The van der Waals surface area contributed by atoms with Crippen LogP contribution in [0.1, 0.15) is 0 Å². The van der Waals surface area contributed by atoms with Crippen molar-refractivity contribution in [1.29, 1.82) is 0 Å². The van der Waals surface area contributed by atoms with Gasteiger partial charge in [-0.3, -0.25) is 0 Å². The van der Waals surface area contributed by atoms with Crippen molar-refractivity contribution in [2.45, 2.75) is 0 Å². The zero-order chi connectivity index (χ0) is 31.6. The van der Waals surface area contributed by atoms with Crippen LogP contribution in [0.2, 0.25) is 0 Å². The van der Waals surface area contributed by atoms with E-state index in [1.807, 2.05) is 22.7 Å². The molecule has 0 N–H and O–H groups in total. The fourth-order valence-electron chi connectivity index (χ4n) is 7.25. The molecule has 4 aromatic heterocycles. The van der Waals surface area contributed by atoms with Crippen LogP contribution < -0.4 is 0 Å². The Morgan fingerprint density at radius 2 is 0.625 bits per heavy atom. The van der Waals surface area contributed by atoms with Crippen LogP contribution in [0.3, 0.4) is 0 Å². The molecule has 0 saturated heterocycles. The molecule has 10 aromatic rings. The Kier molecular flexibility index (Phi) is 6.26. The molecule has 0 fully saturated rings. The number of fused-ring (bicyclic) bond motifs is 6. The SMILES string of the molecule is c1cc(-c2ccc(-c3ccc(-c4cccc(-n5c6ccccc6c6ccccc65)c4)s3)s2)cc(-n2c3ccccc3c3ccccc32)c1. The summed E-state index contributed by atoms with van der Waals surface area (Å²) >= 11 is 3.72. The highest BCUT2D eigenvalue weighted by molar-refractivity contribution is 7.25. The van der Waals surface area contributed by atoms with Gasteiger partial charge in [0.05, 0.1) is 22.1 Å². The van der Waals surface area contributed by atoms with Gasteiger partial charge in [-0.25, -0.2) is 0 Å². The van der Waals surface area contributed by atoms with Gasteiger partial charge in [0.2, 0.25) is 0 Å². The average molecular weight is 649 g/mol. The van der Waals surface area contributed by atoms with Gasteiger partial charge in [-0.05, 0) is 83.9 Å². The maximum atomic E-state index is 2.39. The molecule has 0 amide bonds. The van der Waals surface area contributed by atoms with E-state index >= 15 is 0 Å². The Labute approximate surface area is 286 Å². The van der Waals surface area contributed by atoms with Crippen LogP contribution in [0.15, 0.2) is 170 Å². The van der Waals surface area contributed by atoms with Gasteiger partial charge in [-0.2, -0.15) is 0 Å². The molecule has 0 aliphatic carbocycles. The summed E-state index contributed by atoms with van der Waals surface area (Å²) in [5, 5.41) is 5.13. The number of rotatable bonds is 5. The lowest BCUT2D eigenvalue weighted by Gasteiger charge is -2.09. The smallest absolute Gasteiger partial charge is 0.0541 e. The minimum atomic E-state index is 1.18. The highest BCUT2D eigenvalue weighted by Crippen LogP contribution is 2.42. The second-order valence-corrected chi connectivity index (χ2v) is 14.3. The third kappa shape index (κ3) is 4.31. The molecule has 4 heterocycles. The van der Waals surface area contributed by atoms with Gasteiger partial charge in [-0.15, -0.1) is 22.7 Å². The molecule has 48 heavy (non-hydrogen) atoms. The van der Waals surface area contributed by atoms with Crippen molar-refractivity contribution in [2.75, 3.05) is 0 Å². The summed E-state index contributed by atoms with van der Waals surface area (Å²) in [5.41, 5.74) is 9.77. The normalized spacial score (nSPS) is 11.8. The summed E-state index contributed by atoms with van der Waals surface area (Å²) in [6, 6.07) is 61.8. The summed E-state index contributed by atoms with van der Waals surface area (Å²) in [6.07, 6.45) is 0. The maximum absolute atomic E-state index is 2.39. The standard InChI is InChI=1S/C44H28N2S2/c1-5-19-37-33(15-1)34-16-2-6-20-38(34)45(37)31-13-9-11-29(27-31)41-23-25-43(47-41)44-26-24-42(48-44)30-12-10-14-32(28-30)46-39-21-7-3-17-35(39)36-18-4-8-22-40(36)46/h1-28H. The molecule has 0 aliphatic rings. The molecule has 0 bridgehead atoms. The Balaban J connectivity index is 0.994. The van der Waals surface area contributed by atoms with Gasteiger partial charge in [0, 0.05) is 52.4 Å². The van der Waals surface area contributed by atoms with Gasteiger partial charge >= 0.3 is 0 Å². The van der Waals surface area contributed by atoms with Crippen molar-refractivity contribution >= 4 is 66.3 Å². The molecule has 4 heteroatoms. The zero-order valence-electron chi connectivity index (χ0n) is 25.9. The van der Waals surface area contributed by atoms with Crippen molar-refractivity contribution in [2.24, 2.45) is 0 Å². The molecule has 6 aromatic carbocycles. The van der Waals surface area contributed by atoms with E-state index in [1.165, 1.54) is 85.6 Å². The van der Waals surface area contributed by atoms with E-state index in [1.54, 1.807) is 0 Å². The average Bonchev–Trinajstić information content (AvgIpc) is 3.95. The Bertz CT molecular complexity index is 2510. The molecule has 0 aliphatic heterocycles. The number of nitrogens with zero attached hydrogens (tertiary/aromatic N) is 2. The molecule has 0 atom stereocenters. The lowest BCUT2D eigenvalue weighted by atomic mass is 10.1.